The first-order valence-corrected chi connectivity index (χ1v) is 15.0. The quantitative estimate of drug-likeness (QED) is 0.171. The van der Waals surface area contributed by atoms with Crippen LogP contribution < -0.4 is 26.4 Å². The fraction of sp³-hybridized carbons (Fsp3) is 0.382. The van der Waals surface area contributed by atoms with Gasteiger partial charge in [-0.15, -0.1) is 0 Å². The molecule has 0 radical (unpaired) electrons. The van der Waals surface area contributed by atoms with Gasteiger partial charge in [-0.1, -0.05) is 54.6 Å². The van der Waals surface area contributed by atoms with Crippen molar-refractivity contribution in [3.8, 4) is 16.9 Å². The Morgan fingerprint density at radius 3 is 2.51 bits per heavy atom. The van der Waals surface area contributed by atoms with E-state index in [2.05, 4.69) is 16.0 Å². The fourth-order valence-corrected chi connectivity index (χ4v) is 5.45. The number of carbonyl (C=O) groups is 3. The molecule has 0 spiro atoms. The van der Waals surface area contributed by atoms with Crippen molar-refractivity contribution in [1.82, 2.24) is 20.9 Å². The Morgan fingerprint density at radius 2 is 1.82 bits per heavy atom. The van der Waals surface area contributed by atoms with E-state index in [0.717, 1.165) is 33.4 Å². The van der Waals surface area contributed by atoms with Crippen LogP contribution in [0.4, 0.5) is 4.79 Å². The molecule has 0 saturated heterocycles. The molecule has 7 N–H and O–H groups in total. The molecule has 11 heteroatoms. The predicted molar refractivity (Wildman–Crippen MR) is 171 cm³/mol. The predicted octanol–water partition coefficient (Wildman–Crippen LogP) is 2.21. The zero-order chi connectivity index (χ0) is 32.6. The van der Waals surface area contributed by atoms with Crippen molar-refractivity contribution in [1.29, 1.82) is 0 Å². The Bertz CT molecular complexity index is 1490. The molecule has 240 valence electrons. The molecule has 4 amide bonds. The number of methoxy groups -OCH3 is 1. The summed E-state index contributed by atoms with van der Waals surface area (Å²) in [6, 6.07) is 20.0. The standard InChI is InChI=1S/C34H43N5O6/c1-34(2,37-18-27(41)21-40)16-31(42)38-30-15-26-14-28(45-3)13-12-25(26)20-39(32(30)43)19-22-8-10-23(11-9-22)29-7-5-4-6-24(29)17-36-33(35)44/h4-14,27,30,37,40-41H,15-21H2,1-3H3,(H,38,42)(H3,35,36,44)/t27-,30+/m0/s1. The summed E-state index contributed by atoms with van der Waals surface area (Å²) in [6.07, 6.45) is -0.546. The minimum Gasteiger partial charge on any atom is -0.497 e. The number of nitrogens with two attached hydrogens (primary N) is 1. The lowest BCUT2D eigenvalue weighted by Gasteiger charge is -2.29. The van der Waals surface area contributed by atoms with E-state index in [9.17, 15) is 19.5 Å². The Labute approximate surface area is 263 Å². The van der Waals surface area contributed by atoms with Gasteiger partial charge in [-0.3, -0.25) is 9.59 Å². The first kappa shape index (κ1) is 33.4. The summed E-state index contributed by atoms with van der Waals surface area (Å²) in [5.41, 5.74) is 10.3. The van der Waals surface area contributed by atoms with Crippen LogP contribution in [0.3, 0.4) is 0 Å². The third kappa shape index (κ3) is 9.27. The molecular formula is C34H43N5O6. The second-order valence-corrected chi connectivity index (χ2v) is 12.0. The smallest absolute Gasteiger partial charge is 0.312 e. The lowest BCUT2D eigenvalue weighted by molar-refractivity contribution is -0.137. The van der Waals surface area contributed by atoms with Gasteiger partial charge < -0.3 is 41.5 Å². The number of benzene rings is 3. The van der Waals surface area contributed by atoms with Crippen LogP contribution in [0.1, 0.15) is 42.5 Å². The number of amides is 4. The molecule has 2 atom stereocenters. The van der Waals surface area contributed by atoms with E-state index in [1.165, 1.54) is 0 Å². The van der Waals surface area contributed by atoms with Crippen LogP contribution in [0.2, 0.25) is 0 Å². The van der Waals surface area contributed by atoms with Gasteiger partial charge in [0, 0.05) is 44.6 Å². The van der Waals surface area contributed by atoms with Gasteiger partial charge in [0.25, 0.3) is 0 Å². The molecule has 1 aliphatic heterocycles. The number of aliphatic hydroxyl groups is 2. The molecule has 0 fully saturated rings. The average molecular weight is 618 g/mol. The molecule has 0 bridgehead atoms. The van der Waals surface area contributed by atoms with Gasteiger partial charge in [0.2, 0.25) is 11.8 Å². The van der Waals surface area contributed by atoms with Gasteiger partial charge in [-0.05, 0) is 59.4 Å². The Hall–Kier alpha value is -4.45. The van der Waals surface area contributed by atoms with Crippen LogP contribution in [0, 0.1) is 0 Å². The molecular weight excluding hydrogens is 574 g/mol. The van der Waals surface area contributed by atoms with E-state index in [4.69, 9.17) is 15.6 Å². The largest absolute Gasteiger partial charge is 0.497 e. The summed E-state index contributed by atoms with van der Waals surface area (Å²) in [4.78, 5) is 40.1. The van der Waals surface area contributed by atoms with Crippen molar-refractivity contribution in [2.75, 3.05) is 20.3 Å². The molecule has 0 aromatic heterocycles. The molecule has 0 unspecified atom stereocenters. The zero-order valence-electron chi connectivity index (χ0n) is 26.0. The number of aliphatic hydroxyl groups excluding tert-OH is 2. The molecule has 4 rings (SSSR count). The highest BCUT2D eigenvalue weighted by Gasteiger charge is 2.32. The summed E-state index contributed by atoms with van der Waals surface area (Å²) in [5, 5.41) is 27.5. The highest BCUT2D eigenvalue weighted by atomic mass is 16.5. The van der Waals surface area contributed by atoms with E-state index < -0.39 is 23.7 Å². The van der Waals surface area contributed by atoms with Crippen LogP contribution in [-0.4, -0.2) is 70.9 Å². The normalized spacial score (nSPS) is 15.5. The van der Waals surface area contributed by atoms with Crippen LogP contribution in [0.15, 0.2) is 66.7 Å². The van der Waals surface area contributed by atoms with Crippen molar-refractivity contribution in [2.45, 2.75) is 64.0 Å². The van der Waals surface area contributed by atoms with Crippen molar-refractivity contribution in [3.05, 3.63) is 89.0 Å². The first-order valence-electron chi connectivity index (χ1n) is 15.0. The molecule has 3 aromatic carbocycles. The molecule has 45 heavy (non-hydrogen) atoms. The number of primary amides is 1. The number of β-amino-alcohol motifs (C(OH)–C–C–N with tert-alkyl or cyclic N) is 1. The SMILES string of the molecule is COc1ccc2c(c1)C[C@@H](NC(=O)CC(C)(C)NC[C@H](O)CO)C(=O)N(Cc1ccc(-c3ccccc3CNC(N)=O)cc1)C2. The summed E-state index contributed by atoms with van der Waals surface area (Å²) in [6.45, 7) is 4.44. The summed E-state index contributed by atoms with van der Waals surface area (Å²) in [5.74, 6) is 0.186. The van der Waals surface area contributed by atoms with Crippen molar-refractivity contribution in [2.24, 2.45) is 5.73 Å². The van der Waals surface area contributed by atoms with Crippen LogP contribution in [0.25, 0.3) is 11.1 Å². The van der Waals surface area contributed by atoms with Crippen LogP contribution in [0.5, 0.6) is 5.75 Å². The number of nitrogens with zero attached hydrogens (tertiary/aromatic N) is 1. The van der Waals surface area contributed by atoms with Gasteiger partial charge in [0.1, 0.15) is 11.8 Å². The molecule has 0 saturated carbocycles. The molecule has 1 heterocycles. The molecule has 11 nitrogen and oxygen atoms in total. The molecule has 3 aromatic rings. The van der Waals surface area contributed by atoms with E-state index in [1.807, 2.05) is 80.6 Å². The van der Waals surface area contributed by atoms with Gasteiger partial charge in [0.15, 0.2) is 0 Å². The lowest BCUT2D eigenvalue weighted by Crippen LogP contribution is -2.51. The number of nitrogens with one attached hydrogen (secondary N) is 3. The highest BCUT2D eigenvalue weighted by molar-refractivity contribution is 5.89. The van der Waals surface area contributed by atoms with Crippen LogP contribution in [-0.2, 0) is 35.6 Å². The van der Waals surface area contributed by atoms with Crippen LogP contribution >= 0.6 is 0 Å². The number of rotatable bonds is 13. The summed E-state index contributed by atoms with van der Waals surface area (Å²) >= 11 is 0. The topological polar surface area (TPSA) is 166 Å². The second kappa shape index (κ2) is 15.0. The summed E-state index contributed by atoms with van der Waals surface area (Å²) in [7, 11) is 1.59. The first-order chi connectivity index (χ1) is 21.5. The Balaban J connectivity index is 1.53. The van der Waals surface area contributed by atoms with Gasteiger partial charge >= 0.3 is 6.03 Å². The number of ether oxygens (including phenoxy) is 1. The number of urea groups is 1. The minimum atomic E-state index is -0.932. The fourth-order valence-electron chi connectivity index (χ4n) is 5.45. The summed E-state index contributed by atoms with van der Waals surface area (Å²) < 4.78 is 5.43. The average Bonchev–Trinajstić information content (AvgIpc) is 3.14. The van der Waals surface area contributed by atoms with Gasteiger partial charge in [-0.25, -0.2) is 4.79 Å². The maximum atomic E-state index is 13.9. The van der Waals surface area contributed by atoms with E-state index in [1.54, 1.807) is 12.0 Å². The van der Waals surface area contributed by atoms with E-state index >= 15 is 0 Å². The van der Waals surface area contributed by atoms with Gasteiger partial charge in [0.05, 0.1) is 19.8 Å². The van der Waals surface area contributed by atoms with Gasteiger partial charge in [-0.2, -0.15) is 0 Å². The third-order valence-electron chi connectivity index (χ3n) is 7.88. The highest BCUT2D eigenvalue weighted by Crippen LogP contribution is 2.28. The number of carbonyl (C=O) groups excluding carboxylic acids is 3. The number of fused-ring (bicyclic) bond motifs is 1. The van der Waals surface area contributed by atoms with E-state index in [-0.39, 0.29) is 31.4 Å². The zero-order valence-corrected chi connectivity index (χ0v) is 26.0. The molecule has 1 aliphatic rings. The number of hydrogen-bond donors (Lipinski definition) is 6. The molecule has 0 aliphatic carbocycles. The van der Waals surface area contributed by atoms with E-state index in [0.29, 0.717) is 31.8 Å². The van der Waals surface area contributed by atoms with Crippen molar-refractivity contribution >= 4 is 17.8 Å². The lowest BCUT2D eigenvalue weighted by atomic mass is 9.98. The maximum absolute atomic E-state index is 13.9. The minimum absolute atomic E-state index is 0.0673. The van der Waals surface area contributed by atoms with Crippen molar-refractivity contribution < 1.29 is 29.3 Å². The van der Waals surface area contributed by atoms with Crippen molar-refractivity contribution in [3.63, 3.8) is 0 Å². The second-order valence-electron chi connectivity index (χ2n) is 12.0. The monoisotopic (exact) mass is 617 g/mol. The number of hydrogen-bond acceptors (Lipinski definition) is 7. The third-order valence-corrected chi connectivity index (χ3v) is 7.88. The Kier molecular flexibility index (Phi) is 11.2. The Morgan fingerprint density at radius 1 is 1.09 bits per heavy atom. The maximum Gasteiger partial charge on any atom is 0.312 e.